The van der Waals surface area contributed by atoms with Gasteiger partial charge in [-0.05, 0) is 37.1 Å². The number of carbonyl (C=O) groups excluding carboxylic acids is 1. The number of nitrogens with one attached hydrogen (secondary N) is 1. The Balaban J connectivity index is 1.36. The molecule has 2 aromatic heterocycles. The quantitative estimate of drug-likeness (QED) is 0.679. The van der Waals surface area contributed by atoms with Crippen LogP contribution < -0.4 is 10.2 Å². The first-order chi connectivity index (χ1) is 14.9. The summed E-state index contributed by atoms with van der Waals surface area (Å²) in [5, 5.41) is 6.56. The van der Waals surface area contributed by atoms with Gasteiger partial charge in [-0.2, -0.15) is 4.98 Å². The molecule has 2 amide bonds. The number of anilines is 2. The summed E-state index contributed by atoms with van der Waals surface area (Å²) >= 11 is 0. The maximum atomic E-state index is 14.1. The third kappa shape index (κ3) is 4.47. The number of hydrogen-bond donors (Lipinski definition) is 1. The Bertz CT molecular complexity index is 1040. The van der Waals surface area contributed by atoms with E-state index in [9.17, 15) is 13.6 Å². The highest BCUT2D eigenvalue weighted by molar-refractivity contribution is 5.89. The van der Waals surface area contributed by atoms with Crippen molar-refractivity contribution in [3.05, 3.63) is 54.1 Å². The Hall–Kier alpha value is -3.56. The van der Waals surface area contributed by atoms with Crippen LogP contribution in [-0.2, 0) is 0 Å². The van der Waals surface area contributed by atoms with Crippen LogP contribution in [0.15, 0.2) is 41.1 Å². The predicted molar refractivity (Wildman–Crippen MR) is 111 cm³/mol. The molecule has 4 rings (SSSR count). The average Bonchev–Trinajstić information content (AvgIpc) is 3.24. The second-order valence-electron chi connectivity index (χ2n) is 7.55. The number of nitrogens with zero attached hydrogens (tertiary/aromatic N) is 5. The van der Waals surface area contributed by atoms with E-state index < -0.39 is 17.7 Å². The highest BCUT2D eigenvalue weighted by Gasteiger charge is 2.28. The Morgan fingerprint density at radius 1 is 1.19 bits per heavy atom. The van der Waals surface area contributed by atoms with Gasteiger partial charge in [0, 0.05) is 45.0 Å². The molecule has 1 aromatic carbocycles. The normalized spacial score (nSPS) is 14.5. The molecule has 1 aliphatic rings. The molecule has 10 heteroatoms. The molecule has 162 valence electrons. The van der Waals surface area contributed by atoms with Gasteiger partial charge in [0.05, 0.1) is 0 Å². The van der Waals surface area contributed by atoms with Crippen LogP contribution in [0.25, 0.3) is 11.5 Å². The van der Waals surface area contributed by atoms with Gasteiger partial charge in [-0.1, -0.05) is 11.2 Å². The van der Waals surface area contributed by atoms with Crippen molar-refractivity contribution in [1.82, 2.24) is 20.0 Å². The largest absolute Gasteiger partial charge is 0.373 e. The van der Waals surface area contributed by atoms with Crippen molar-refractivity contribution >= 4 is 17.4 Å². The SMILES string of the molecule is CN(C)c1c(F)cc(NC(=O)N2CCC(c3nc(-c4ccccn4)no3)CC2)cc1F. The number of urea groups is 1. The molecular formula is C21H22F2N6O2. The summed E-state index contributed by atoms with van der Waals surface area (Å²) in [5.74, 6) is -0.494. The number of aromatic nitrogens is 3. The molecule has 0 spiro atoms. The summed E-state index contributed by atoms with van der Waals surface area (Å²) in [7, 11) is 3.10. The summed E-state index contributed by atoms with van der Waals surface area (Å²) < 4.78 is 33.7. The van der Waals surface area contributed by atoms with Gasteiger partial charge in [0.1, 0.15) is 11.4 Å². The molecule has 0 radical (unpaired) electrons. The summed E-state index contributed by atoms with van der Waals surface area (Å²) in [5.41, 5.74) is 0.558. The standard InChI is InChI=1S/C21H22F2N6O2/c1-28(2)18-15(22)11-14(12-16(18)23)25-21(30)29-9-6-13(7-10-29)20-26-19(27-31-20)17-5-3-4-8-24-17/h3-5,8,11-13H,6-7,9-10H2,1-2H3,(H,25,30). The van der Waals surface area contributed by atoms with E-state index in [2.05, 4.69) is 20.4 Å². The topological polar surface area (TPSA) is 87.4 Å². The number of piperidine rings is 1. The highest BCUT2D eigenvalue weighted by atomic mass is 19.1. The number of likely N-dealkylation sites (tertiary alicyclic amines) is 1. The van der Waals surface area contributed by atoms with E-state index in [1.165, 1.54) is 4.90 Å². The van der Waals surface area contributed by atoms with E-state index in [4.69, 9.17) is 4.52 Å². The van der Waals surface area contributed by atoms with Crippen molar-refractivity contribution in [3.63, 3.8) is 0 Å². The number of carbonyl (C=O) groups is 1. The van der Waals surface area contributed by atoms with Crippen molar-refractivity contribution < 1.29 is 18.1 Å². The molecule has 1 N–H and O–H groups in total. The minimum absolute atomic E-state index is 0.0308. The van der Waals surface area contributed by atoms with Gasteiger partial charge in [0.15, 0.2) is 11.6 Å². The van der Waals surface area contributed by atoms with E-state index in [0.29, 0.717) is 43.3 Å². The first-order valence-corrected chi connectivity index (χ1v) is 9.89. The van der Waals surface area contributed by atoms with E-state index in [-0.39, 0.29) is 17.3 Å². The van der Waals surface area contributed by atoms with Crippen molar-refractivity contribution in [2.75, 3.05) is 37.4 Å². The van der Waals surface area contributed by atoms with Crippen molar-refractivity contribution in [2.45, 2.75) is 18.8 Å². The molecule has 3 heterocycles. The Morgan fingerprint density at radius 3 is 2.52 bits per heavy atom. The molecule has 0 unspecified atom stereocenters. The molecule has 1 fully saturated rings. The summed E-state index contributed by atoms with van der Waals surface area (Å²) in [6.45, 7) is 0.914. The van der Waals surface area contributed by atoms with Crippen LogP contribution in [0.1, 0.15) is 24.7 Å². The molecule has 1 saturated heterocycles. The smallest absolute Gasteiger partial charge is 0.321 e. The van der Waals surface area contributed by atoms with Crippen LogP contribution in [0.2, 0.25) is 0 Å². The Morgan fingerprint density at radius 2 is 1.90 bits per heavy atom. The van der Waals surface area contributed by atoms with E-state index in [1.54, 1.807) is 31.3 Å². The third-order valence-electron chi connectivity index (χ3n) is 5.18. The molecule has 0 atom stereocenters. The lowest BCUT2D eigenvalue weighted by Crippen LogP contribution is -2.40. The molecule has 8 nitrogen and oxygen atoms in total. The number of hydrogen-bond acceptors (Lipinski definition) is 6. The predicted octanol–water partition coefficient (Wildman–Crippen LogP) is 3.89. The fourth-order valence-electron chi connectivity index (χ4n) is 3.60. The first-order valence-electron chi connectivity index (χ1n) is 9.89. The molecule has 0 bridgehead atoms. The average molecular weight is 428 g/mol. The van der Waals surface area contributed by atoms with E-state index in [1.807, 2.05) is 12.1 Å². The lowest BCUT2D eigenvalue weighted by molar-refractivity contribution is 0.187. The zero-order chi connectivity index (χ0) is 22.0. The van der Waals surface area contributed by atoms with E-state index >= 15 is 0 Å². The summed E-state index contributed by atoms with van der Waals surface area (Å²) in [4.78, 5) is 24.1. The molecule has 3 aromatic rings. The number of amides is 2. The number of rotatable bonds is 4. The highest BCUT2D eigenvalue weighted by Crippen LogP contribution is 2.29. The molecule has 31 heavy (non-hydrogen) atoms. The fourth-order valence-corrected chi connectivity index (χ4v) is 3.60. The lowest BCUT2D eigenvalue weighted by atomic mass is 9.97. The lowest BCUT2D eigenvalue weighted by Gasteiger charge is -2.30. The number of pyridine rings is 1. The summed E-state index contributed by atoms with van der Waals surface area (Å²) in [6, 6.07) is 7.28. The first kappa shape index (κ1) is 20.7. The van der Waals surface area contributed by atoms with Gasteiger partial charge in [-0.25, -0.2) is 13.6 Å². The van der Waals surface area contributed by atoms with Crippen LogP contribution in [0.4, 0.5) is 25.0 Å². The van der Waals surface area contributed by atoms with Crippen LogP contribution in [0.3, 0.4) is 0 Å². The van der Waals surface area contributed by atoms with E-state index in [0.717, 1.165) is 12.1 Å². The van der Waals surface area contributed by atoms with Gasteiger partial charge in [0.2, 0.25) is 11.7 Å². The van der Waals surface area contributed by atoms with Gasteiger partial charge in [-0.15, -0.1) is 0 Å². The molecule has 1 aliphatic heterocycles. The summed E-state index contributed by atoms with van der Waals surface area (Å²) in [6.07, 6.45) is 2.94. The molecule has 0 saturated carbocycles. The van der Waals surface area contributed by atoms with Gasteiger partial charge >= 0.3 is 6.03 Å². The minimum Gasteiger partial charge on any atom is -0.373 e. The third-order valence-corrected chi connectivity index (χ3v) is 5.18. The van der Waals surface area contributed by atoms with Crippen LogP contribution in [0.5, 0.6) is 0 Å². The number of benzene rings is 1. The van der Waals surface area contributed by atoms with Gasteiger partial charge in [-0.3, -0.25) is 4.98 Å². The Kier molecular flexibility index (Phi) is 5.79. The van der Waals surface area contributed by atoms with Crippen LogP contribution in [-0.4, -0.2) is 53.2 Å². The molecule has 0 aliphatic carbocycles. The maximum absolute atomic E-state index is 14.1. The zero-order valence-corrected chi connectivity index (χ0v) is 17.2. The Labute approximate surface area is 177 Å². The minimum atomic E-state index is -0.737. The maximum Gasteiger partial charge on any atom is 0.321 e. The monoisotopic (exact) mass is 428 g/mol. The van der Waals surface area contributed by atoms with Gasteiger partial charge in [0.25, 0.3) is 0 Å². The van der Waals surface area contributed by atoms with Crippen molar-refractivity contribution in [2.24, 2.45) is 0 Å². The van der Waals surface area contributed by atoms with Crippen molar-refractivity contribution in [3.8, 4) is 11.5 Å². The van der Waals surface area contributed by atoms with Crippen LogP contribution >= 0.6 is 0 Å². The van der Waals surface area contributed by atoms with Gasteiger partial charge < -0.3 is 19.6 Å². The number of halogens is 2. The molecular weight excluding hydrogens is 406 g/mol. The second-order valence-corrected chi connectivity index (χ2v) is 7.55. The van der Waals surface area contributed by atoms with Crippen molar-refractivity contribution in [1.29, 1.82) is 0 Å². The van der Waals surface area contributed by atoms with Crippen LogP contribution in [0, 0.1) is 11.6 Å². The fraction of sp³-hybridized carbons (Fsp3) is 0.333. The second kappa shape index (κ2) is 8.66. The zero-order valence-electron chi connectivity index (χ0n) is 17.2.